The van der Waals surface area contributed by atoms with Crippen molar-refractivity contribution in [2.75, 3.05) is 26.5 Å². The fourth-order valence-electron chi connectivity index (χ4n) is 2.86. The summed E-state index contributed by atoms with van der Waals surface area (Å²) in [6.45, 7) is 3.82. The lowest BCUT2D eigenvalue weighted by Gasteiger charge is -2.22. The first-order valence-electron chi connectivity index (χ1n) is 9.42. The molecule has 2 aromatic carbocycles. The minimum Gasteiger partial charge on any atom is -0.497 e. The number of benzene rings is 2. The van der Waals surface area contributed by atoms with E-state index < -0.39 is 16.1 Å². The maximum Gasteiger partial charge on any atom is 0.242 e. The largest absolute Gasteiger partial charge is 0.497 e. The van der Waals surface area contributed by atoms with Gasteiger partial charge in [-0.25, -0.2) is 12.7 Å². The van der Waals surface area contributed by atoms with Crippen LogP contribution in [0.4, 0.5) is 5.69 Å². The molecule has 0 aliphatic rings. The third-order valence-corrected chi connectivity index (χ3v) is 6.46. The Morgan fingerprint density at radius 3 is 2.34 bits per heavy atom. The normalized spacial score (nSPS) is 13.7. The van der Waals surface area contributed by atoms with Crippen LogP contribution in [0.2, 0.25) is 0 Å². The molecular formula is C21H29N3O4S. The quantitative estimate of drug-likeness (QED) is 0.652. The topological polar surface area (TPSA) is 87.7 Å². The highest BCUT2D eigenvalue weighted by atomic mass is 32.2. The van der Waals surface area contributed by atoms with Crippen molar-refractivity contribution in [2.45, 2.75) is 37.2 Å². The number of anilines is 1. The molecule has 8 heteroatoms. The molecule has 7 nitrogen and oxygen atoms in total. The van der Waals surface area contributed by atoms with E-state index in [1.165, 1.54) is 26.2 Å². The van der Waals surface area contributed by atoms with Crippen LogP contribution in [0.1, 0.15) is 31.9 Å². The molecule has 0 saturated carbocycles. The Bertz CT molecular complexity index is 927. The van der Waals surface area contributed by atoms with Crippen molar-refractivity contribution in [3.8, 4) is 5.75 Å². The lowest BCUT2D eigenvalue weighted by atomic mass is 10.0. The van der Waals surface area contributed by atoms with Gasteiger partial charge in [-0.15, -0.1) is 0 Å². The molecule has 2 rings (SSSR count). The van der Waals surface area contributed by atoms with Crippen molar-refractivity contribution in [2.24, 2.45) is 0 Å². The summed E-state index contributed by atoms with van der Waals surface area (Å²) in [5.41, 5.74) is 1.50. The second-order valence-electron chi connectivity index (χ2n) is 6.93. The van der Waals surface area contributed by atoms with Crippen LogP contribution < -0.4 is 15.4 Å². The summed E-state index contributed by atoms with van der Waals surface area (Å²) in [6.07, 6.45) is 0.806. The molecule has 2 atom stereocenters. The predicted octanol–water partition coefficient (Wildman–Crippen LogP) is 3.01. The SMILES string of the molecule is CC[C@@H](N[C@@H](C)C(=O)Nc1cccc(S(=O)(=O)N(C)C)c1)c1ccc(OC)cc1. The highest BCUT2D eigenvalue weighted by Gasteiger charge is 2.20. The Kier molecular flexibility index (Phi) is 7.78. The molecular weight excluding hydrogens is 390 g/mol. The summed E-state index contributed by atoms with van der Waals surface area (Å²) >= 11 is 0. The lowest BCUT2D eigenvalue weighted by molar-refractivity contribution is -0.118. The Hall–Kier alpha value is -2.42. The van der Waals surface area contributed by atoms with Gasteiger partial charge in [0, 0.05) is 25.8 Å². The average molecular weight is 420 g/mol. The Labute approximate surface area is 173 Å². The first-order valence-corrected chi connectivity index (χ1v) is 10.9. The zero-order valence-electron chi connectivity index (χ0n) is 17.5. The zero-order valence-corrected chi connectivity index (χ0v) is 18.3. The number of ether oxygens (including phenoxy) is 1. The van der Waals surface area contributed by atoms with Crippen molar-refractivity contribution in [1.29, 1.82) is 0 Å². The van der Waals surface area contributed by atoms with Crippen molar-refractivity contribution < 1.29 is 17.9 Å². The van der Waals surface area contributed by atoms with E-state index in [9.17, 15) is 13.2 Å². The highest BCUT2D eigenvalue weighted by molar-refractivity contribution is 7.89. The van der Waals surface area contributed by atoms with Crippen LogP contribution >= 0.6 is 0 Å². The fourth-order valence-corrected chi connectivity index (χ4v) is 3.81. The second kappa shape index (κ2) is 9.87. The molecule has 1 amide bonds. The monoisotopic (exact) mass is 419 g/mol. The predicted molar refractivity (Wildman–Crippen MR) is 115 cm³/mol. The number of sulfonamides is 1. The molecule has 29 heavy (non-hydrogen) atoms. The van der Waals surface area contributed by atoms with Gasteiger partial charge in [-0.1, -0.05) is 25.1 Å². The van der Waals surface area contributed by atoms with E-state index in [4.69, 9.17) is 4.74 Å². The standard InChI is InChI=1S/C21H29N3O4S/c1-6-20(16-10-12-18(28-5)13-11-16)22-15(2)21(25)23-17-8-7-9-19(14-17)29(26,27)24(3)4/h7-15,20,22H,6H2,1-5H3,(H,23,25)/t15-,20+/m0/s1. The first kappa shape index (κ1) is 22.9. The lowest BCUT2D eigenvalue weighted by Crippen LogP contribution is -2.40. The summed E-state index contributed by atoms with van der Waals surface area (Å²) in [6, 6.07) is 13.5. The summed E-state index contributed by atoms with van der Waals surface area (Å²) in [7, 11) is 0.995. The highest BCUT2D eigenvalue weighted by Crippen LogP contribution is 2.21. The van der Waals surface area contributed by atoms with Gasteiger partial charge in [-0.3, -0.25) is 10.1 Å². The Morgan fingerprint density at radius 2 is 1.79 bits per heavy atom. The number of rotatable bonds is 9. The summed E-state index contributed by atoms with van der Waals surface area (Å²) in [5, 5.41) is 6.11. The smallest absolute Gasteiger partial charge is 0.242 e. The second-order valence-corrected chi connectivity index (χ2v) is 9.08. The minimum atomic E-state index is -3.56. The molecule has 0 aliphatic heterocycles. The van der Waals surface area contributed by atoms with Crippen molar-refractivity contribution in [1.82, 2.24) is 9.62 Å². The van der Waals surface area contributed by atoms with Crippen LogP contribution in [0.3, 0.4) is 0 Å². The van der Waals surface area contributed by atoms with E-state index in [1.54, 1.807) is 26.2 Å². The maximum atomic E-state index is 12.6. The van der Waals surface area contributed by atoms with Gasteiger partial charge in [0.2, 0.25) is 15.9 Å². The van der Waals surface area contributed by atoms with E-state index in [0.717, 1.165) is 22.0 Å². The number of carbonyl (C=O) groups is 1. The van der Waals surface area contributed by atoms with Gasteiger partial charge >= 0.3 is 0 Å². The molecule has 0 aromatic heterocycles. The third-order valence-electron chi connectivity index (χ3n) is 4.65. The molecule has 0 aliphatic carbocycles. The average Bonchev–Trinajstić information content (AvgIpc) is 2.72. The molecule has 2 N–H and O–H groups in total. The summed E-state index contributed by atoms with van der Waals surface area (Å²) in [4.78, 5) is 12.8. The number of amides is 1. The van der Waals surface area contributed by atoms with Crippen LogP contribution in [-0.2, 0) is 14.8 Å². The first-order chi connectivity index (χ1) is 13.7. The number of hydrogen-bond donors (Lipinski definition) is 2. The molecule has 0 spiro atoms. The van der Waals surface area contributed by atoms with Crippen LogP contribution in [0.15, 0.2) is 53.4 Å². The van der Waals surface area contributed by atoms with E-state index in [1.807, 2.05) is 31.2 Å². The van der Waals surface area contributed by atoms with E-state index in [2.05, 4.69) is 10.6 Å². The van der Waals surface area contributed by atoms with Crippen LogP contribution in [-0.4, -0.2) is 45.9 Å². The van der Waals surface area contributed by atoms with E-state index >= 15 is 0 Å². The number of hydrogen-bond acceptors (Lipinski definition) is 5. The van der Waals surface area contributed by atoms with Crippen LogP contribution in [0.25, 0.3) is 0 Å². The molecule has 0 radical (unpaired) electrons. The van der Waals surface area contributed by atoms with Crippen LogP contribution in [0.5, 0.6) is 5.75 Å². The van der Waals surface area contributed by atoms with E-state index in [-0.39, 0.29) is 16.8 Å². The maximum absolute atomic E-state index is 12.6. The zero-order chi connectivity index (χ0) is 21.6. The van der Waals surface area contributed by atoms with Crippen molar-refractivity contribution in [3.05, 3.63) is 54.1 Å². The molecule has 158 valence electrons. The third kappa shape index (κ3) is 5.79. The van der Waals surface area contributed by atoms with Gasteiger partial charge in [0.25, 0.3) is 0 Å². The van der Waals surface area contributed by atoms with Gasteiger partial charge in [0.1, 0.15) is 5.75 Å². The number of methoxy groups -OCH3 is 1. The fraction of sp³-hybridized carbons (Fsp3) is 0.381. The molecule has 2 aromatic rings. The van der Waals surface area contributed by atoms with Gasteiger partial charge in [0.05, 0.1) is 18.0 Å². The van der Waals surface area contributed by atoms with Crippen LogP contribution in [0, 0.1) is 0 Å². The summed E-state index contributed by atoms with van der Waals surface area (Å²) < 4.78 is 30.9. The number of nitrogens with zero attached hydrogens (tertiary/aromatic N) is 1. The Balaban J connectivity index is 2.08. The molecule has 0 fully saturated rings. The van der Waals surface area contributed by atoms with Crippen molar-refractivity contribution in [3.63, 3.8) is 0 Å². The van der Waals surface area contributed by atoms with Crippen molar-refractivity contribution >= 4 is 21.6 Å². The number of carbonyl (C=O) groups excluding carboxylic acids is 1. The molecule has 0 bridgehead atoms. The van der Waals surface area contributed by atoms with Gasteiger partial charge < -0.3 is 10.1 Å². The molecule has 0 heterocycles. The Morgan fingerprint density at radius 1 is 1.14 bits per heavy atom. The molecule has 0 unspecified atom stereocenters. The van der Waals surface area contributed by atoms with Gasteiger partial charge in [0.15, 0.2) is 0 Å². The summed E-state index contributed by atoms with van der Waals surface area (Å²) in [5.74, 6) is 0.540. The molecule has 0 saturated heterocycles. The minimum absolute atomic E-state index is 0.00195. The number of nitrogens with one attached hydrogen (secondary N) is 2. The van der Waals surface area contributed by atoms with Gasteiger partial charge in [-0.05, 0) is 49.2 Å². The van der Waals surface area contributed by atoms with E-state index in [0.29, 0.717) is 5.69 Å². The van der Waals surface area contributed by atoms with Gasteiger partial charge in [-0.2, -0.15) is 0 Å².